The number of nitrogens with two attached hydrogens (primary N) is 1. The average Bonchev–Trinajstić information content (AvgIpc) is 2.95. The topological polar surface area (TPSA) is 65.5 Å². The van der Waals surface area contributed by atoms with E-state index in [1.807, 2.05) is 5.38 Å². The van der Waals surface area contributed by atoms with Gasteiger partial charge in [-0.2, -0.15) is 0 Å². The molecular weight excluding hydrogens is 262 g/mol. The fraction of sp³-hybridized carbons (Fsp3) is 0.182. The van der Waals surface area contributed by atoms with Gasteiger partial charge in [-0.3, -0.25) is 0 Å². The van der Waals surface area contributed by atoms with E-state index in [1.54, 1.807) is 12.1 Å². The Morgan fingerprint density at radius 1 is 1.53 bits per heavy atom. The fourth-order valence-electron chi connectivity index (χ4n) is 1.39. The first kappa shape index (κ1) is 12.2. The van der Waals surface area contributed by atoms with Gasteiger partial charge < -0.3 is 14.9 Å². The van der Waals surface area contributed by atoms with E-state index in [2.05, 4.69) is 4.74 Å². The number of hydrogen-bond acceptors (Lipinski definition) is 5. The molecule has 6 heteroatoms. The molecule has 0 saturated carbocycles. The summed E-state index contributed by atoms with van der Waals surface area (Å²) in [5, 5.41) is 2.44. The number of furan rings is 1. The third kappa shape index (κ3) is 2.36. The second kappa shape index (κ2) is 4.91. The molecule has 0 fully saturated rings. The van der Waals surface area contributed by atoms with E-state index in [4.69, 9.17) is 21.8 Å². The highest BCUT2D eigenvalue weighted by Crippen LogP contribution is 2.31. The van der Waals surface area contributed by atoms with E-state index in [1.165, 1.54) is 24.5 Å². The van der Waals surface area contributed by atoms with Gasteiger partial charge in [0.2, 0.25) is 5.76 Å². The smallest absolute Gasteiger partial charge is 0.373 e. The van der Waals surface area contributed by atoms with Crippen LogP contribution in [0, 0.1) is 0 Å². The molecule has 90 valence electrons. The number of rotatable bonds is 3. The number of carbonyl (C=O) groups excluding carboxylic acids is 1. The summed E-state index contributed by atoms with van der Waals surface area (Å²) in [4.78, 5) is 12.0. The molecule has 0 aliphatic heterocycles. The zero-order valence-electron chi connectivity index (χ0n) is 8.98. The molecule has 2 rings (SSSR count). The Morgan fingerprint density at radius 3 is 2.88 bits per heavy atom. The standard InChI is InChI=1S/C11H10ClNO3S/c1-15-11(14)8-3-2-7(16-8)9(13)10-6(12)4-5-17-10/h2-5,9H,13H2,1H3. The minimum absolute atomic E-state index is 0.130. The van der Waals surface area contributed by atoms with Crippen LogP contribution in [0.4, 0.5) is 0 Å². The van der Waals surface area contributed by atoms with Crippen molar-refractivity contribution in [1.82, 2.24) is 0 Å². The molecule has 2 aromatic heterocycles. The second-order valence-corrected chi connectivity index (χ2v) is 4.66. The maximum absolute atomic E-state index is 11.2. The Kier molecular flexibility index (Phi) is 3.51. The monoisotopic (exact) mass is 271 g/mol. The van der Waals surface area contributed by atoms with Crippen LogP contribution in [0.15, 0.2) is 28.0 Å². The Labute approximate surface area is 107 Å². The molecule has 0 radical (unpaired) electrons. The quantitative estimate of drug-likeness (QED) is 0.872. The molecular formula is C11H10ClNO3S. The zero-order chi connectivity index (χ0) is 12.4. The largest absolute Gasteiger partial charge is 0.463 e. The van der Waals surface area contributed by atoms with Crippen LogP contribution in [0.3, 0.4) is 0 Å². The number of carbonyl (C=O) groups is 1. The summed E-state index contributed by atoms with van der Waals surface area (Å²) in [6.07, 6.45) is 0. The van der Waals surface area contributed by atoms with Crippen LogP contribution in [0.2, 0.25) is 5.02 Å². The van der Waals surface area contributed by atoms with Crippen LogP contribution in [0.25, 0.3) is 0 Å². The Hall–Kier alpha value is -1.30. The Morgan fingerprint density at radius 2 is 2.29 bits per heavy atom. The third-order valence-corrected chi connectivity index (χ3v) is 3.69. The number of methoxy groups -OCH3 is 1. The minimum atomic E-state index is -0.527. The third-order valence-electron chi connectivity index (χ3n) is 2.25. The van der Waals surface area contributed by atoms with Crippen LogP contribution >= 0.6 is 22.9 Å². The van der Waals surface area contributed by atoms with Gasteiger partial charge in [0.15, 0.2) is 0 Å². The Balaban J connectivity index is 2.26. The summed E-state index contributed by atoms with van der Waals surface area (Å²) in [6.45, 7) is 0. The molecule has 2 N–H and O–H groups in total. The predicted octanol–water partition coefficient (Wildman–Crippen LogP) is 2.83. The van der Waals surface area contributed by atoms with Gasteiger partial charge in [0, 0.05) is 4.88 Å². The lowest BCUT2D eigenvalue weighted by atomic mass is 10.2. The lowest BCUT2D eigenvalue weighted by Gasteiger charge is -2.06. The Bertz CT molecular complexity index is 534. The van der Waals surface area contributed by atoms with Crippen molar-refractivity contribution < 1.29 is 13.9 Å². The van der Waals surface area contributed by atoms with Crippen molar-refractivity contribution >= 4 is 28.9 Å². The maximum atomic E-state index is 11.2. The van der Waals surface area contributed by atoms with Crippen LogP contribution in [-0.2, 0) is 4.74 Å². The average molecular weight is 272 g/mol. The highest BCUT2D eigenvalue weighted by Gasteiger charge is 2.19. The molecule has 2 heterocycles. The number of ether oxygens (including phenoxy) is 1. The first-order chi connectivity index (χ1) is 8.13. The maximum Gasteiger partial charge on any atom is 0.373 e. The minimum Gasteiger partial charge on any atom is -0.463 e. The van der Waals surface area contributed by atoms with Crippen LogP contribution < -0.4 is 5.73 Å². The van der Waals surface area contributed by atoms with Gasteiger partial charge in [-0.1, -0.05) is 11.6 Å². The lowest BCUT2D eigenvalue weighted by Crippen LogP contribution is -2.09. The summed E-state index contributed by atoms with van der Waals surface area (Å²) in [7, 11) is 1.29. The molecule has 0 aliphatic rings. The highest BCUT2D eigenvalue weighted by molar-refractivity contribution is 7.10. The number of esters is 1. The SMILES string of the molecule is COC(=O)c1ccc(C(N)c2sccc2Cl)o1. The summed E-state index contributed by atoms with van der Waals surface area (Å²) in [6, 6.07) is 4.47. The fourth-order valence-corrected chi connectivity index (χ4v) is 2.57. The van der Waals surface area contributed by atoms with Gasteiger partial charge in [0.1, 0.15) is 5.76 Å². The van der Waals surface area contributed by atoms with Crippen molar-refractivity contribution in [3.05, 3.63) is 45.0 Å². The van der Waals surface area contributed by atoms with Crippen molar-refractivity contribution in [1.29, 1.82) is 0 Å². The molecule has 1 unspecified atom stereocenters. The molecule has 1 atom stereocenters. The molecule has 0 aliphatic carbocycles. The van der Waals surface area contributed by atoms with E-state index in [-0.39, 0.29) is 5.76 Å². The van der Waals surface area contributed by atoms with Crippen molar-refractivity contribution in [2.75, 3.05) is 7.11 Å². The molecule has 0 saturated heterocycles. The van der Waals surface area contributed by atoms with Gasteiger partial charge in [-0.05, 0) is 23.6 Å². The number of halogens is 1. The van der Waals surface area contributed by atoms with Crippen molar-refractivity contribution in [2.24, 2.45) is 5.73 Å². The first-order valence-electron chi connectivity index (χ1n) is 4.80. The first-order valence-corrected chi connectivity index (χ1v) is 6.05. The van der Waals surface area contributed by atoms with E-state index < -0.39 is 12.0 Å². The van der Waals surface area contributed by atoms with Gasteiger partial charge >= 0.3 is 5.97 Å². The summed E-state index contributed by atoms with van der Waals surface area (Å²) < 4.78 is 9.87. The highest BCUT2D eigenvalue weighted by atomic mass is 35.5. The molecule has 4 nitrogen and oxygen atoms in total. The summed E-state index contributed by atoms with van der Waals surface area (Å²) in [5.41, 5.74) is 6.00. The van der Waals surface area contributed by atoms with Gasteiger partial charge in [0.05, 0.1) is 18.2 Å². The van der Waals surface area contributed by atoms with Crippen LogP contribution in [0.1, 0.15) is 27.2 Å². The van der Waals surface area contributed by atoms with Crippen molar-refractivity contribution in [3.8, 4) is 0 Å². The normalized spacial score (nSPS) is 12.4. The number of hydrogen-bond donors (Lipinski definition) is 1. The molecule has 0 spiro atoms. The van der Waals surface area contributed by atoms with E-state index in [9.17, 15) is 4.79 Å². The van der Waals surface area contributed by atoms with E-state index in [0.717, 1.165) is 4.88 Å². The van der Waals surface area contributed by atoms with Gasteiger partial charge in [-0.15, -0.1) is 11.3 Å². The van der Waals surface area contributed by atoms with Crippen LogP contribution in [-0.4, -0.2) is 13.1 Å². The summed E-state index contributed by atoms with van der Waals surface area (Å²) >= 11 is 7.42. The molecule has 0 bridgehead atoms. The molecule has 0 aromatic carbocycles. The predicted molar refractivity (Wildman–Crippen MR) is 65.4 cm³/mol. The molecule has 0 amide bonds. The second-order valence-electron chi connectivity index (χ2n) is 3.30. The van der Waals surface area contributed by atoms with Crippen LogP contribution in [0.5, 0.6) is 0 Å². The molecule has 2 aromatic rings. The summed E-state index contributed by atoms with van der Waals surface area (Å²) in [5.74, 6) is 0.0844. The van der Waals surface area contributed by atoms with Crippen molar-refractivity contribution in [2.45, 2.75) is 6.04 Å². The number of thiophene rings is 1. The van der Waals surface area contributed by atoms with E-state index >= 15 is 0 Å². The van der Waals surface area contributed by atoms with Gasteiger partial charge in [0.25, 0.3) is 0 Å². The zero-order valence-corrected chi connectivity index (χ0v) is 10.5. The molecule has 17 heavy (non-hydrogen) atoms. The van der Waals surface area contributed by atoms with Gasteiger partial charge in [-0.25, -0.2) is 4.79 Å². The lowest BCUT2D eigenvalue weighted by molar-refractivity contribution is 0.0563. The van der Waals surface area contributed by atoms with Crippen molar-refractivity contribution in [3.63, 3.8) is 0 Å². The van der Waals surface area contributed by atoms with E-state index in [0.29, 0.717) is 10.8 Å².